The Balaban J connectivity index is 2.54. The Labute approximate surface area is 172 Å². The van der Waals surface area contributed by atoms with Crippen molar-refractivity contribution in [3.8, 4) is 0 Å². The molecule has 0 atom stereocenters. The Bertz CT molecular complexity index is 962. The topological polar surface area (TPSA) is 99.6 Å². The summed E-state index contributed by atoms with van der Waals surface area (Å²) in [6.07, 6.45) is 1.26. The summed E-state index contributed by atoms with van der Waals surface area (Å²) in [5.41, 5.74) is 0.893. The minimum absolute atomic E-state index is 0.0789. The number of sulfonamides is 1. The van der Waals surface area contributed by atoms with Crippen molar-refractivity contribution < 1.29 is 18.3 Å². The molecule has 0 radical (unpaired) electrons. The summed E-state index contributed by atoms with van der Waals surface area (Å²) >= 11 is 0. The second-order valence-electron chi connectivity index (χ2n) is 8.01. The Morgan fingerprint density at radius 2 is 1.76 bits per heavy atom. The van der Waals surface area contributed by atoms with Crippen LogP contribution in [0.2, 0.25) is 0 Å². The zero-order valence-corrected chi connectivity index (χ0v) is 18.3. The third-order valence-electron chi connectivity index (χ3n) is 4.13. The molecule has 0 amide bonds. The summed E-state index contributed by atoms with van der Waals surface area (Å²) in [7, 11) is -3.90. The van der Waals surface area contributed by atoms with Gasteiger partial charge in [0, 0.05) is 19.3 Å². The van der Waals surface area contributed by atoms with E-state index >= 15 is 0 Å². The highest BCUT2D eigenvalue weighted by atomic mass is 32.2. The molecule has 1 aromatic heterocycles. The minimum Gasteiger partial charge on any atom is -0.478 e. The monoisotopic (exact) mass is 419 g/mol. The average molecular weight is 420 g/mol. The quantitative estimate of drug-likeness (QED) is 0.637. The van der Waals surface area contributed by atoms with Gasteiger partial charge in [-0.2, -0.15) is 0 Å². The predicted molar refractivity (Wildman–Crippen MR) is 115 cm³/mol. The van der Waals surface area contributed by atoms with Gasteiger partial charge in [0.2, 0.25) is 0 Å². The van der Waals surface area contributed by atoms with Gasteiger partial charge in [-0.3, -0.25) is 4.72 Å². The summed E-state index contributed by atoms with van der Waals surface area (Å²) in [5.74, 6) is -0.111. The normalized spacial score (nSPS) is 11.7. The smallest absolute Gasteiger partial charge is 0.337 e. The van der Waals surface area contributed by atoms with E-state index in [1.807, 2.05) is 17.9 Å². The number of aromatic nitrogens is 1. The molecular formula is C21H29N3O4S. The van der Waals surface area contributed by atoms with Crippen LogP contribution in [0.15, 0.2) is 41.4 Å². The highest BCUT2D eigenvalue weighted by molar-refractivity contribution is 7.92. The van der Waals surface area contributed by atoms with Crippen LogP contribution in [0, 0.1) is 18.8 Å². The second kappa shape index (κ2) is 9.26. The maximum absolute atomic E-state index is 12.9. The first kappa shape index (κ1) is 22.7. The summed E-state index contributed by atoms with van der Waals surface area (Å²) < 4.78 is 28.5. The molecule has 0 unspecified atom stereocenters. The van der Waals surface area contributed by atoms with Crippen LogP contribution in [0.1, 0.15) is 43.6 Å². The molecule has 0 aliphatic rings. The van der Waals surface area contributed by atoms with Crippen molar-refractivity contribution in [1.29, 1.82) is 0 Å². The summed E-state index contributed by atoms with van der Waals surface area (Å²) in [4.78, 5) is 17.9. The van der Waals surface area contributed by atoms with E-state index < -0.39 is 16.0 Å². The highest BCUT2D eigenvalue weighted by Crippen LogP contribution is 2.29. The van der Waals surface area contributed by atoms with Gasteiger partial charge in [0.1, 0.15) is 0 Å². The highest BCUT2D eigenvalue weighted by Gasteiger charge is 2.22. The van der Waals surface area contributed by atoms with E-state index in [9.17, 15) is 18.3 Å². The Hall–Kier alpha value is -2.61. The number of carboxylic acids is 1. The molecule has 1 aromatic carbocycles. The lowest BCUT2D eigenvalue weighted by Gasteiger charge is -2.29. The molecule has 1 heterocycles. The number of hydrogen-bond donors (Lipinski definition) is 2. The molecule has 0 fully saturated rings. The van der Waals surface area contributed by atoms with Crippen molar-refractivity contribution in [3.05, 3.63) is 47.7 Å². The van der Waals surface area contributed by atoms with E-state index in [0.717, 1.165) is 5.56 Å². The molecule has 158 valence electrons. The molecule has 8 heteroatoms. The molecular weight excluding hydrogens is 390 g/mol. The van der Waals surface area contributed by atoms with E-state index in [1.54, 1.807) is 12.1 Å². The van der Waals surface area contributed by atoms with Crippen LogP contribution in [0.25, 0.3) is 0 Å². The summed E-state index contributed by atoms with van der Waals surface area (Å²) in [5, 5.41) is 9.35. The minimum atomic E-state index is -3.90. The van der Waals surface area contributed by atoms with Crippen molar-refractivity contribution in [2.24, 2.45) is 11.8 Å². The fraction of sp³-hybridized carbons (Fsp3) is 0.429. The van der Waals surface area contributed by atoms with Gasteiger partial charge in [-0.1, -0.05) is 39.8 Å². The lowest BCUT2D eigenvalue weighted by Crippen LogP contribution is -2.33. The van der Waals surface area contributed by atoms with Gasteiger partial charge < -0.3 is 10.0 Å². The van der Waals surface area contributed by atoms with Crippen molar-refractivity contribution in [2.45, 2.75) is 39.5 Å². The first-order valence-electron chi connectivity index (χ1n) is 9.57. The van der Waals surface area contributed by atoms with Crippen LogP contribution in [0.4, 0.5) is 11.5 Å². The Morgan fingerprint density at radius 1 is 1.14 bits per heavy atom. The molecule has 2 N–H and O–H groups in total. The van der Waals surface area contributed by atoms with E-state index in [-0.39, 0.29) is 16.1 Å². The van der Waals surface area contributed by atoms with Crippen molar-refractivity contribution >= 4 is 27.5 Å². The standard InChI is InChI=1S/C21H29N3O4S/c1-14(2)12-24(13-15(3)4)20-19(10-17(11-22-20)21(25)26)23-29(27,28)18-8-6-7-16(5)9-18/h6-11,14-15,23H,12-13H2,1-5H3,(H,25,26). The number of aryl methyl sites for hydroxylation is 1. The van der Waals surface area contributed by atoms with Crippen LogP contribution in [-0.4, -0.2) is 37.6 Å². The van der Waals surface area contributed by atoms with Gasteiger partial charge in [0.05, 0.1) is 16.1 Å². The van der Waals surface area contributed by atoms with E-state index in [1.165, 1.54) is 18.3 Å². The summed E-state index contributed by atoms with van der Waals surface area (Å²) in [6.45, 7) is 11.4. The van der Waals surface area contributed by atoms with E-state index in [0.29, 0.717) is 30.7 Å². The number of rotatable bonds is 9. The van der Waals surface area contributed by atoms with Crippen LogP contribution in [-0.2, 0) is 10.0 Å². The molecule has 7 nitrogen and oxygen atoms in total. The van der Waals surface area contributed by atoms with Gasteiger partial charge in [-0.25, -0.2) is 18.2 Å². The van der Waals surface area contributed by atoms with Crippen molar-refractivity contribution in [2.75, 3.05) is 22.7 Å². The fourth-order valence-electron chi connectivity index (χ4n) is 3.02. The van der Waals surface area contributed by atoms with Gasteiger partial charge >= 0.3 is 5.97 Å². The lowest BCUT2D eigenvalue weighted by atomic mass is 10.1. The maximum atomic E-state index is 12.9. The number of benzene rings is 1. The number of nitrogens with one attached hydrogen (secondary N) is 1. The number of hydrogen-bond acceptors (Lipinski definition) is 5. The number of nitrogens with zero attached hydrogens (tertiary/aromatic N) is 2. The third kappa shape index (κ3) is 6.19. The van der Waals surface area contributed by atoms with Crippen molar-refractivity contribution in [3.63, 3.8) is 0 Å². The zero-order valence-electron chi connectivity index (χ0n) is 17.5. The summed E-state index contributed by atoms with van der Waals surface area (Å²) in [6, 6.07) is 7.87. The molecule has 2 aromatic rings. The van der Waals surface area contributed by atoms with Crippen molar-refractivity contribution in [1.82, 2.24) is 4.98 Å². The number of carboxylic acid groups (broad SMARTS) is 1. The molecule has 0 aliphatic carbocycles. The van der Waals surface area contributed by atoms with Crippen LogP contribution in [0.3, 0.4) is 0 Å². The first-order valence-corrected chi connectivity index (χ1v) is 11.1. The molecule has 0 spiro atoms. The Morgan fingerprint density at radius 3 is 2.28 bits per heavy atom. The van der Waals surface area contributed by atoms with Gasteiger partial charge in [0.15, 0.2) is 5.82 Å². The van der Waals surface area contributed by atoms with Crippen LogP contribution >= 0.6 is 0 Å². The molecule has 0 aliphatic heterocycles. The molecule has 0 saturated heterocycles. The predicted octanol–water partition coefficient (Wildman–Crippen LogP) is 4.01. The molecule has 0 saturated carbocycles. The van der Waals surface area contributed by atoms with Crippen LogP contribution < -0.4 is 9.62 Å². The number of aromatic carboxylic acids is 1. The van der Waals surface area contributed by atoms with E-state index in [2.05, 4.69) is 37.4 Å². The number of pyridine rings is 1. The fourth-order valence-corrected chi connectivity index (χ4v) is 4.17. The zero-order chi connectivity index (χ0) is 21.8. The largest absolute Gasteiger partial charge is 0.478 e. The molecule has 0 bridgehead atoms. The Kier molecular flexibility index (Phi) is 7.24. The second-order valence-corrected chi connectivity index (χ2v) is 9.70. The average Bonchev–Trinajstić information content (AvgIpc) is 2.60. The van der Waals surface area contributed by atoms with E-state index in [4.69, 9.17) is 0 Å². The number of carbonyl (C=O) groups is 1. The first-order chi connectivity index (χ1) is 13.5. The molecule has 2 rings (SSSR count). The SMILES string of the molecule is Cc1cccc(S(=O)(=O)Nc2cc(C(=O)O)cnc2N(CC(C)C)CC(C)C)c1. The van der Waals surface area contributed by atoms with Gasteiger partial charge in [-0.15, -0.1) is 0 Å². The third-order valence-corrected chi connectivity index (χ3v) is 5.49. The van der Waals surface area contributed by atoms with Crippen LogP contribution in [0.5, 0.6) is 0 Å². The molecule has 29 heavy (non-hydrogen) atoms. The maximum Gasteiger partial charge on any atom is 0.337 e. The van der Waals surface area contributed by atoms with Gasteiger partial charge in [-0.05, 0) is 42.5 Å². The lowest BCUT2D eigenvalue weighted by molar-refractivity contribution is 0.0696. The van der Waals surface area contributed by atoms with Gasteiger partial charge in [0.25, 0.3) is 10.0 Å². The number of anilines is 2.